The van der Waals surface area contributed by atoms with E-state index in [1.54, 1.807) is 7.05 Å². The Labute approximate surface area is 101 Å². The van der Waals surface area contributed by atoms with E-state index in [1.165, 1.54) is 0 Å². The molecule has 0 bridgehead atoms. The number of piperidine rings is 1. The molecule has 1 aliphatic rings. The van der Waals surface area contributed by atoms with Crippen LogP contribution in [0.5, 0.6) is 0 Å². The Hall–Kier alpha value is -0.920. The summed E-state index contributed by atoms with van der Waals surface area (Å²) in [6.45, 7) is 1.61. The summed E-state index contributed by atoms with van der Waals surface area (Å²) in [5.74, 6) is -7.46. The van der Waals surface area contributed by atoms with Gasteiger partial charge in [-0.15, -0.1) is 0 Å². The van der Waals surface area contributed by atoms with Crippen molar-refractivity contribution in [3.63, 3.8) is 0 Å². The maximum absolute atomic E-state index is 12.9. The summed E-state index contributed by atoms with van der Waals surface area (Å²) in [5.41, 5.74) is -0.329. The van der Waals surface area contributed by atoms with Gasteiger partial charge in [0.1, 0.15) is 0 Å². The molecule has 0 aromatic heterocycles. The monoisotopic (exact) mass is 274 g/mol. The molecule has 0 saturated carbocycles. The summed E-state index contributed by atoms with van der Waals surface area (Å²) in [6.07, 6.45) is -5.17. The first kappa shape index (κ1) is 15.1. The lowest BCUT2D eigenvalue weighted by molar-refractivity contribution is -0.274. The average molecular weight is 274 g/mol. The molecule has 0 unspecified atom stereocenters. The minimum absolute atomic E-state index is 0.109. The first-order chi connectivity index (χ1) is 8.03. The molecule has 1 rings (SSSR count). The highest BCUT2D eigenvalue weighted by molar-refractivity contribution is 5.84. The Morgan fingerprint density at radius 1 is 1.17 bits per heavy atom. The summed E-state index contributed by atoms with van der Waals surface area (Å²) in [4.78, 5) is 11.8. The first-order valence-corrected chi connectivity index (χ1v) is 5.46. The quantitative estimate of drug-likeness (QED) is 0.779. The van der Waals surface area contributed by atoms with Gasteiger partial charge in [0.2, 0.25) is 0 Å². The lowest BCUT2D eigenvalue weighted by Crippen LogP contribution is -2.57. The topological polar surface area (TPSA) is 32.3 Å². The van der Waals surface area contributed by atoms with Gasteiger partial charge in [-0.25, -0.2) is 0 Å². The van der Waals surface area contributed by atoms with Crippen LogP contribution < -0.4 is 5.32 Å². The summed E-state index contributed by atoms with van der Waals surface area (Å²) in [6, 6.07) is 0. The van der Waals surface area contributed by atoms with E-state index in [1.807, 2.05) is 6.92 Å². The van der Waals surface area contributed by atoms with E-state index in [-0.39, 0.29) is 18.6 Å². The molecule has 18 heavy (non-hydrogen) atoms. The van der Waals surface area contributed by atoms with Crippen LogP contribution in [0, 0.1) is 0 Å². The molecule has 1 amide bonds. The normalized spacial score (nSPS) is 20.9. The number of rotatable bonds is 2. The van der Waals surface area contributed by atoms with Crippen LogP contribution in [0.2, 0.25) is 0 Å². The second-order valence-electron chi connectivity index (χ2n) is 4.68. The molecule has 0 radical (unpaired) electrons. The zero-order chi connectivity index (χ0) is 14.2. The van der Waals surface area contributed by atoms with Crippen molar-refractivity contribution in [2.75, 3.05) is 20.1 Å². The molecule has 1 heterocycles. The number of alkyl halides is 5. The predicted octanol–water partition coefficient (Wildman–Crippen LogP) is 1.78. The highest BCUT2D eigenvalue weighted by Gasteiger charge is 2.64. The Kier molecular flexibility index (Phi) is 3.90. The van der Waals surface area contributed by atoms with E-state index in [0.29, 0.717) is 17.7 Å². The van der Waals surface area contributed by atoms with E-state index < -0.39 is 18.0 Å². The van der Waals surface area contributed by atoms with Crippen LogP contribution in [0.1, 0.15) is 19.8 Å². The van der Waals surface area contributed by atoms with Crippen molar-refractivity contribution in [1.82, 2.24) is 10.2 Å². The van der Waals surface area contributed by atoms with Gasteiger partial charge < -0.3 is 10.2 Å². The van der Waals surface area contributed by atoms with Gasteiger partial charge in [0, 0.05) is 18.6 Å². The Morgan fingerprint density at radius 3 is 1.94 bits per heavy atom. The van der Waals surface area contributed by atoms with E-state index in [9.17, 15) is 26.7 Å². The molecule has 1 fully saturated rings. The van der Waals surface area contributed by atoms with Crippen molar-refractivity contribution in [3.05, 3.63) is 0 Å². The Morgan fingerprint density at radius 2 is 1.61 bits per heavy atom. The Bertz CT molecular complexity index is 321. The molecule has 1 aliphatic heterocycles. The van der Waals surface area contributed by atoms with Crippen molar-refractivity contribution in [3.8, 4) is 0 Å². The van der Waals surface area contributed by atoms with Crippen molar-refractivity contribution in [1.29, 1.82) is 0 Å². The third-order valence-corrected chi connectivity index (χ3v) is 3.38. The number of halogens is 5. The van der Waals surface area contributed by atoms with Crippen LogP contribution in [0.3, 0.4) is 0 Å². The zero-order valence-electron chi connectivity index (χ0n) is 10.1. The van der Waals surface area contributed by atoms with Gasteiger partial charge in [-0.2, -0.15) is 22.0 Å². The minimum Gasteiger partial charge on any atom is -0.337 e. The summed E-state index contributed by atoms with van der Waals surface area (Å²) in [7, 11) is 1.68. The van der Waals surface area contributed by atoms with Crippen LogP contribution in [0.15, 0.2) is 0 Å². The molecule has 0 aromatic rings. The number of nitrogens with zero attached hydrogens (tertiary/aromatic N) is 1. The molecule has 3 nitrogen and oxygen atoms in total. The third kappa shape index (κ3) is 2.73. The largest absolute Gasteiger partial charge is 0.463 e. The lowest BCUT2D eigenvalue weighted by atomic mass is 9.89. The molecule has 0 aromatic carbocycles. The number of carbonyl (C=O) groups excluding carboxylic acids is 1. The predicted molar refractivity (Wildman–Crippen MR) is 54.3 cm³/mol. The molecule has 1 N–H and O–H groups in total. The van der Waals surface area contributed by atoms with Crippen LogP contribution in [-0.4, -0.2) is 48.6 Å². The summed E-state index contributed by atoms with van der Waals surface area (Å²) < 4.78 is 61.8. The molecular formula is C10H15F5N2O. The Balaban J connectivity index is 2.72. The lowest BCUT2D eigenvalue weighted by Gasteiger charge is -2.40. The number of hydrogen-bond donors (Lipinski definition) is 1. The van der Waals surface area contributed by atoms with Crippen molar-refractivity contribution in [2.45, 2.75) is 37.4 Å². The van der Waals surface area contributed by atoms with Crippen molar-refractivity contribution in [2.24, 2.45) is 0 Å². The van der Waals surface area contributed by atoms with Gasteiger partial charge in [0.15, 0.2) is 0 Å². The summed E-state index contributed by atoms with van der Waals surface area (Å²) in [5, 5.41) is 2.96. The molecular weight excluding hydrogens is 259 g/mol. The van der Waals surface area contributed by atoms with Crippen molar-refractivity contribution >= 4 is 5.91 Å². The van der Waals surface area contributed by atoms with Gasteiger partial charge >= 0.3 is 18.0 Å². The molecule has 106 valence electrons. The maximum Gasteiger partial charge on any atom is 0.463 e. The van der Waals surface area contributed by atoms with Gasteiger partial charge in [-0.05, 0) is 26.8 Å². The number of nitrogens with one attached hydrogen (secondary N) is 1. The SMILES string of the molecule is CNC1(C)CCN(C(=O)C(F)(F)C(F)(F)F)CC1. The molecule has 1 saturated heterocycles. The van der Waals surface area contributed by atoms with E-state index in [2.05, 4.69) is 5.32 Å². The number of carbonyl (C=O) groups is 1. The van der Waals surface area contributed by atoms with Gasteiger partial charge in [0.05, 0.1) is 0 Å². The van der Waals surface area contributed by atoms with Crippen LogP contribution in [0.4, 0.5) is 22.0 Å². The zero-order valence-corrected chi connectivity index (χ0v) is 10.1. The van der Waals surface area contributed by atoms with Crippen LogP contribution in [-0.2, 0) is 4.79 Å². The molecule has 0 spiro atoms. The maximum atomic E-state index is 12.9. The van der Waals surface area contributed by atoms with Gasteiger partial charge in [-0.3, -0.25) is 4.79 Å². The highest BCUT2D eigenvalue weighted by Crippen LogP contribution is 2.37. The standard InChI is InChI=1S/C10H15F5N2O/c1-8(16-2)3-5-17(6-4-8)7(18)9(11,12)10(13,14)15/h16H,3-6H2,1-2H3. The molecule has 0 atom stereocenters. The highest BCUT2D eigenvalue weighted by atomic mass is 19.4. The van der Waals surface area contributed by atoms with E-state index in [0.717, 1.165) is 0 Å². The fourth-order valence-corrected chi connectivity index (χ4v) is 1.77. The fraction of sp³-hybridized carbons (Fsp3) is 0.900. The van der Waals surface area contributed by atoms with Gasteiger partial charge in [0.25, 0.3) is 0 Å². The second-order valence-corrected chi connectivity index (χ2v) is 4.68. The van der Waals surface area contributed by atoms with Crippen LogP contribution in [0.25, 0.3) is 0 Å². The number of hydrogen-bond acceptors (Lipinski definition) is 2. The minimum atomic E-state index is -5.84. The van der Waals surface area contributed by atoms with Crippen LogP contribution >= 0.6 is 0 Å². The average Bonchev–Trinajstić information content (AvgIpc) is 2.27. The van der Waals surface area contributed by atoms with E-state index >= 15 is 0 Å². The number of likely N-dealkylation sites (tertiary alicyclic amines) is 1. The second kappa shape index (κ2) is 4.64. The summed E-state index contributed by atoms with van der Waals surface area (Å²) >= 11 is 0. The fourth-order valence-electron chi connectivity index (χ4n) is 1.77. The smallest absolute Gasteiger partial charge is 0.337 e. The third-order valence-electron chi connectivity index (χ3n) is 3.38. The van der Waals surface area contributed by atoms with Gasteiger partial charge in [-0.1, -0.05) is 0 Å². The van der Waals surface area contributed by atoms with Crippen molar-refractivity contribution < 1.29 is 26.7 Å². The number of amides is 1. The first-order valence-electron chi connectivity index (χ1n) is 5.46. The van der Waals surface area contributed by atoms with E-state index in [4.69, 9.17) is 0 Å². The molecule has 8 heteroatoms. The molecule has 0 aliphatic carbocycles.